The van der Waals surface area contributed by atoms with Crippen LogP contribution in [0.3, 0.4) is 0 Å². The number of aliphatic hydroxyl groups is 1. The van der Waals surface area contributed by atoms with Crippen molar-refractivity contribution in [3.8, 4) is 17.3 Å². The topological polar surface area (TPSA) is 128 Å². The molecule has 1 fully saturated rings. The van der Waals surface area contributed by atoms with Crippen LogP contribution in [0.1, 0.15) is 47.4 Å². The van der Waals surface area contributed by atoms with Crippen LogP contribution < -0.4 is 10.1 Å². The third-order valence-electron chi connectivity index (χ3n) is 6.00. The second-order valence-electron chi connectivity index (χ2n) is 8.51. The van der Waals surface area contributed by atoms with E-state index in [1.54, 1.807) is 30.2 Å². The number of amides is 1. The van der Waals surface area contributed by atoms with Gasteiger partial charge in [-0.3, -0.25) is 4.79 Å². The molecule has 3 aromatic heterocycles. The van der Waals surface area contributed by atoms with Gasteiger partial charge in [-0.15, -0.1) is 10.2 Å². The normalized spacial score (nSPS) is 18.2. The Kier molecular flexibility index (Phi) is 7.23. The number of aryl methyl sites for hydroxylation is 1. The molecule has 1 saturated carbocycles. The number of nitrogens with one attached hydrogen (secondary N) is 1. The second-order valence-corrected chi connectivity index (χ2v) is 8.51. The van der Waals surface area contributed by atoms with Crippen molar-refractivity contribution in [2.45, 2.75) is 45.7 Å². The first-order valence-electron chi connectivity index (χ1n) is 11.2. The number of nitrogens with zero attached hydrogens (tertiary/aromatic N) is 6. The molecule has 10 heteroatoms. The van der Waals surface area contributed by atoms with Gasteiger partial charge >= 0.3 is 0 Å². The Labute approximate surface area is 192 Å². The second kappa shape index (κ2) is 10.5. The SMILES string of the molecule is COc1cc(CNC(=O)c2cc(-c3nnn(CC4CCC(CO)CC4)n3)cc(C)n2)ccn1. The molecule has 0 saturated heterocycles. The predicted molar refractivity (Wildman–Crippen MR) is 120 cm³/mol. The molecule has 0 aliphatic heterocycles. The molecule has 4 rings (SSSR count). The molecular weight excluding hydrogens is 422 g/mol. The smallest absolute Gasteiger partial charge is 0.270 e. The zero-order chi connectivity index (χ0) is 23.2. The lowest BCUT2D eigenvalue weighted by Gasteiger charge is -2.26. The van der Waals surface area contributed by atoms with Crippen LogP contribution in [0.2, 0.25) is 0 Å². The fraction of sp³-hybridized carbons (Fsp3) is 0.478. The van der Waals surface area contributed by atoms with Crippen LogP contribution in [0, 0.1) is 18.8 Å². The van der Waals surface area contributed by atoms with Crippen molar-refractivity contribution in [1.29, 1.82) is 0 Å². The molecule has 1 amide bonds. The maximum atomic E-state index is 12.7. The summed E-state index contributed by atoms with van der Waals surface area (Å²) in [5.41, 5.74) is 2.57. The van der Waals surface area contributed by atoms with Crippen molar-refractivity contribution in [3.05, 3.63) is 47.4 Å². The molecule has 0 aromatic carbocycles. The minimum absolute atomic E-state index is 0.270. The van der Waals surface area contributed by atoms with E-state index in [4.69, 9.17) is 4.74 Å². The molecule has 0 radical (unpaired) electrons. The summed E-state index contributed by atoms with van der Waals surface area (Å²) in [5, 5.41) is 25.1. The highest BCUT2D eigenvalue weighted by Crippen LogP contribution is 2.29. The summed E-state index contributed by atoms with van der Waals surface area (Å²) in [6.45, 7) is 3.14. The summed E-state index contributed by atoms with van der Waals surface area (Å²) in [6.07, 6.45) is 5.83. The van der Waals surface area contributed by atoms with Crippen molar-refractivity contribution < 1.29 is 14.6 Å². The molecule has 1 aliphatic rings. The maximum Gasteiger partial charge on any atom is 0.270 e. The molecule has 2 N–H and O–H groups in total. The Hall–Kier alpha value is -3.40. The van der Waals surface area contributed by atoms with Crippen LogP contribution in [-0.4, -0.2) is 54.9 Å². The number of carbonyl (C=O) groups is 1. The fourth-order valence-electron chi connectivity index (χ4n) is 4.12. The fourth-order valence-corrected chi connectivity index (χ4v) is 4.12. The van der Waals surface area contributed by atoms with E-state index < -0.39 is 0 Å². The summed E-state index contributed by atoms with van der Waals surface area (Å²) >= 11 is 0. The summed E-state index contributed by atoms with van der Waals surface area (Å²) in [7, 11) is 1.55. The van der Waals surface area contributed by atoms with Gasteiger partial charge in [0.15, 0.2) is 0 Å². The summed E-state index contributed by atoms with van der Waals surface area (Å²) in [6, 6.07) is 7.12. The van der Waals surface area contributed by atoms with Gasteiger partial charge in [-0.05, 0) is 73.4 Å². The maximum absolute atomic E-state index is 12.7. The number of hydrogen-bond donors (Lipinski definition) is 2. The molecule has 10 nitrogen and oxygen atoms in total. The number of carbonyl (C=O) groups excluding carboxylic acids is 1. The average Bonchev–Trinajstić information content (AvgIpc) is 3.31. The van der Waals surface area contributed by atoms with Gasteiger partial charge in [-0.2, -0.15) is 4.80 Å². The van der Waals surface area contributed by atoms with Crippen LogP contribution in [0.4, 0.5) is 0 Å². The highest BCUT2D eigenvalue weighted by atomic mass is 16.5. The number of tetrazole rings is 1. The molecule has 0 atom stereocenters. The first kappa shape index (κ1) is 22.8. The quantitative estimate of drug-likeness (QED) is 0.533. The number of aromatic nitrogens is 6. The lowest BCUT2D eigenvalue weighted by atomic mass is 9.82. The monoisotopic (exact) mass is 451 g/mol. The summed E-state index contributed by atoms with van der Waals surface area (Å²) in [5.74, 6) is 1.59. The Bertz CT molecular complexity index is 1090. The van der Waals surface area contributed by atoms with Crippen LogP contribution in [-0.2, 0) is 13.1 Å². The van der Waals surface area contributed by atoms with E-state index >= 15 is 0 Å². The highest BCUT2D eigenvalue weighted by molar-refractivity contribution is 5.93. The van der Waals surface area contributed by atoms with Crippen molar-refractivity contribution in [1.82, 2.24) is 35.5 Å². The average molecular weight is 452 g/mol. The van der Waals surface area contributed by atoms with Crippen LogP contribution in [0.5, 0.6) is 5.88 Å². The number of rotatable bonds is 8. The molecule has 0 spiro atoms. The van der Waals surface area contributed by atoms with Gasteiger partial charge in [0.25, 0.3) is 5.91 Å². The summed E-state index contributed by atoms with van der Waals surface area (Å²) < 4.78 is 5.12. The first-order valence-corrected chi connectivity index (χ1v) is 11.2. The largest absolute Gasteiger partial charge is 0.481 e. The van der Waals surface area contributed by atoms with Crippen LogP contribution in [0.15, 0.2) is 30.5 Å². The van der Waals surface area contributed by atoms with E-state index in [0.717, 1.165) is 31.2 Å². The third-order valence-corrected chi connectivity index (χ3v) is 6.00. The van der Waals surface area contributed by atoms with Crippen LogP contribution in [0.25, 0.3) is 11.4 Å². The number of methoxy groups -OCH3 is 1. The van der Waals surface area contributed by atoms with Gasteiger partial charge in [0.05, 0.1) is 13.7 Å². The van der Waals surface area contributed by atoms with E-state index in [-0.39, 0.29) is 12.5 Å². The van der Waals surface area contributed by atoms with Crippen molar-refractivity contribution >= 4 is 5.91 Å². The van der Waals surface area contributed by atoms with Gasteiger partial charge in [0.2, 0.25) is 11.7 Å². The van der Waals surface area contributed by atoms with Crippen molar-refractivity contribution in [2.75, 3.05) is 13.7 Å². The number of hydrogen-bond acceptors (Lipinski definition) is 8. The number of aliphatic hydroxyl groups excluding tert-OH is 1. The molecule has 174 valence electrons. The van der Waals surface area contributed by atoms with Gasteiger partial charge in [0, 0.05) is 36.7 Å². The molecular formula is C23H29N7O3. The van der Waals surface area contributed by atoms with E-state index in [2.05, 4.69) is 30.7 Å². The molecule has 1 aliphatic carbocycles. The predicted octanol–water partition coefficient (Wildman–Crippen LogP) is 2.18. The highest BCUT2D eigenvalue weighted by Gasteiger charge is 2.22. The molecule has 3 heterocycles. The lowest BCUT2D eigenvalue weighted by molar-refractivity contribution is 0.0945. The molecule has 3 aromatic rings. The van der Waals surface area contributed by atoms with Gasteiger partial charge in [-0.1, -0.05) is 0 Å². The van der Waals surface area contributed by atoms with Crippen LogP contribution >= 0.6 is 0 Å². The van der Waals surface area contributed by atoms with E-state index in [9.17, 15) is 9.90 Å². The van der Waals surface area contributed by atoms with E-state index in [1.165, 1.54) is 0 Å². The van der Waals surface area contributed by atoms with Gasteiger partial charge in [-0.25, -0.2) is 9.97 Å². The Morgan fingerprint density at radius 2 is 2.00 bits per heavy atom. The van der Waals surface area contributed by atoms with E-state index in [0.29, 0.717) is 53.6 Å². The standard InChI is InChI=1S/C23H29N7O3/c1-15-9-19(22-27-29-30(28-22)13-16-3-5-17(14-31)6-4-16)11-20(26-15)23(32)25-12-18-7-8-24-21(10-18)33-2/h7-11,16-17,31H,3-6,12-14H2,1-2H3,(H,25,32). The van der Waals surface area contributed by atoms with Gasteiger partial charge < -0.3 is 15.2 Å². The third kappa shape index (κ3) is 5.89. The van der Waals surface area contributed by atoms with Crippen molar-refractivity contribution in [3.63, 3.8) is 0 Å². The molecule has 33 heavy (non-hydrogen) atoms. The Morgan fingerprint density at radius 3 is 2.76 bits per heavy atom. The minimum Gasteiger partial charge on any atom is -0.481 e. The summed E-state index contributed by atoms with van der Waals surface area (Å²) in [4.78, 5) is 22.8. The van der Waals surface area contributed by atoms with E-state index in [1.807, 2.05) is 19.1 Å². The zero-order valence-corrected chi connectivity index (χ0v) is 18.9. The minimum atomic E-state index is -0.288. The number of pyridine rings is 2. The van der Waals surface area contributed by atoms with Crippen molar-refractivity contribution in [2.24, 2.45) is 11.8 Å². The number of ether oxygens (including phenoxy) is 1. The Morgan fingerprint density at radius 1 is 1.21 bits per heavy atom. The first-order chi connectivity index (χ1) is 16.0. The molecule has 0 unspecified atom stereocenters. The molecule has 0 bridgehead atoms. The lowest BCUT2D eigenvalue weighted by Crippen LogP contribution is -2.24. The zero-order valence-electron chi connectivity index (χ0n) is 18.9. The Balaban J connectivity index is 1.41. The van der Waals surface area contributed by atoms with Gasteiger partial charge in [0.1, 0.15) is 5.69 Å².